The third-order valence-corrected chi connectivity index (χ3v) is 12.1. The number of rotatable bonds is 7. The molecule has 0 spiro atoms. The first-order valence-electron chi connectivity index (χ1n) is 18.4. The summed E-state index contributed by atoms with van der Waals surface area (Å²) in [5.74, 6) is -2.09. The van der Waals surface area contributed by atoms with Crippen LogP contribution in [0, 0.1) is 5.92 Å². The standard InChI is InChI=1S/C37H45F6N7O3/c1-46-25-6-7-26(46)21-27(20-25)47-12-14-49(15-13-47)34(52)23(16-22-17-28(36(38,39)40)33(44)29(18-22)37(41,42)43)19-32(51)48-10-8-24(9-11-48)50-31-5-3-2-4-30(31)45-35(50)53/h2-5,17-18,23-27H,6-16,19-21,44H2,1H3,(H,45,53)/t23-,25?,26?,27?/m0/s1. The lowest BCUT2D eigenvalue weighted by Crippen LogP contribution is -2.56. The van der Waals surface area contributed by atoms with E-state index in [0.29, 0.717) is 74.8 Å². The lowest BCUT2D eigenvalue weighted by atomic mass is 9.90. The summed E-state index contributed by atoms with van der Waals surface area (Å²) in [6.07, 6.45) is -5.90. The number of nitrogens with zero attached hydrogens (tertiary/aromatic N) is 5. The number of carbonyl (C=O) groups is 2. The number of piperidine rings is 2. The number of aromatic nitrogens is 2. The molecular formula is C37H45F6N7O3. The number of nitrogens with two attached hydrogens (primary N) is 1. The van der Waals surface area contributed by atoms with Crippen LogP contribution < -0.4 is 11.4 Å². The SMILES string of the molecule is CN1C2CCC1CC(N1CCN(C(=O)[C@H](CC(=O)N3CCC(n4c(=O)[nH]c5ccccc54)CC3)Cc3cc(C(F)(F)F)c(N)c(C(F)(F)F)c3)CC1)C2. The molecule has 7 rings (SSSR count). The number of anilines is 1. The number of aromatic amines is 1. The fourth-order valence-electron chi connectivity index (χ4n) is 9.23. The summed E-state index contributed by atoms with van der Waals surface area (Å²) in [5.41, 5.74) is 1.52. The summed E-state index contributed by atoms with van der Waals surface area (Å²) in [6, 6.07) is 9.68. The number of imidazole rings is 1. The van der Waals surface area contributed by atoms with Crippen molar-refractivity contribution in [1.82, 2.24) is 29.2 Å². The highest BCUT2D eigenvalue weighted by Crippen LogP contribution is 2.43. The number of fused-ring (bicyclic) bond motifs is 3. The molecule has 4 aliphatic rings. The monoisotopic (exact) mass is 749 g/mol. The van der Waals surface area contributed by atoms with E-state index in [1.54, 1.807) is 20.4 Å². The van der Waals surface area contributed by atoms with Gasteiger partial charge in [0.2, 0.25) is 11.8 Å². The molecule has 3 N–H and O–H groups in total. The van der Waals surface area contributed by atoms with Crippen molar-refractivity contribution >= 4 is 28.5 Å². The van der Waals surface area contributed by atoms with Crippen LogP contribution in [0.3, 0.4) is 0 Å². The largest absolute Gasteiger partial charge is 0.418 e. The molecule has 0 aliphatic carbocycles. The van der Waals surface area contributed by atoms with Gasteiger partial charge in [0.1, 0.15) is 0 Å². The number of alkyl halides is 6. The average Bonchev–Trinajstić information content (AvgIpc) is 3.53. The summed E-state index contributed by atoms with van der Waals surface area (Å²) in [4.78, 5) is 51.6. The molecule has 0 radical (unpaired) electrons. The van der Waals surface area contributed by atoms with Gasteiger partial charge in [-0.15, -0.1) is 0 Å². The van der Waals surface area contributed by atoms with Crippen molar-refractivity contribution in [3.63, 3.8) is 0 Å². The van der Waals surface area contributed by atoms with Crippen molar-refractivity contribution in [2.24, 2.45) is 5.92 Å². The molecule has 4 aliphatic heterocycles. The van der Waals surface area contributed by atoms with Gasteiger partial charge in [-0.1, -0.05) is 12.1 Å². The van der Waals surface area contributed by atoms with Crippen LogP contribution >= 0.6 is 0 Å². The summed E-state index contributed by atoms with van der Waals surface area (Å²) in [7, 11) is 2.17. The van der Waals surface area contributed by atoms with E-state index in [9.17, 15) is 40.7 Å². The van der Waals surface area contributed by atoms with Crippen LogP contribution in [0.5, 0.6) is 0 Å². The van der Waals surface area contributed by atoms with Crippen LogP contribution in [0.25, 0.3) is 11.0 Å². The number of para-hydroxylation sites is 2. The Bertz CT molecular complexity index is 1840. The number of likely N-dealkylation sites (tertiary alicyclic amines) is 1. The topological polar surface area (TPSA) is 111 Å². The van der Waals surface area contributed by atoms with E-state index in [0.717, 1.165) is 18.4 Å². The first kappa shape index (κ1) is 37.3. The molecule has 16 heteroatoms. The Morgan fingerprint density at radius 1 is 0.811 bits per heavy atom. The Morgan fingerprint density at radius 3 is 1.98 bits per heavy atom. The number of amides is 2. The molecule has 288 valence electrons. The van der Waals surface area contributed by atoms with Gasteiger partial charge in [0.05, 0.1) is 33.8 Å². The summed E-state index contributed by atoms with van der Waals surface area (Å²) in [6.45, 7) is 2.43. The Hall–Kier alpha value is -4.05. The fourth-order valence-corrected chi connectivity index (χ4v) is 9.23. The molecule has 3 aromatic rings. The van der Waals surface area contributed by atoms with Gasteiger partial charge >= 0.3 is 18.0 Å². The van der Waals surface area contributed by atoms with Gasteiger partial charge in [-0.3, -0.25) is 19.1 Å². The van der Waals surface area contributed by atoms with Crippen molar-refractivity contribution in [2.75, 3.05) is 52.0 Å². The zero-order valence-corrected chi connectivity index (χ0v) is 29.6. The van der Waals surface area contributed by atoms with E-state index < -0.39 is 53.3 Å². The zero-order chi connectivity index (χ0) is 37.8. The second-order valence-corrected chi connectivity index (χ2v) is 15.2. The van der Waals surface area contributed by atoms with Crippen LogP contribution in [0.1, 0.15) is 67.7 Å². The van der Waals surface area contributed by atoms with Crippen LogP contribution in [-0.2, 0) is 28.4 Å². The van der Waals surface area contributed by atoms with Gasteiger partial charge in [0.25, 0.3) is 0 Å². The minimum absolute atomic E-state index is 0.187. The fraction of sp³-hybridized carbons (Fsp3) is 0.595. The minimum Gasteiger partial charge on any atom is -0.398 e. The van der Waals surface area contributed by atoms with Crippen molar-refractivity contribution in [1.29, 1.82) is 0 Å². The predicted molar refractivity (Wildman–Crippen MR) is 186 cm³/mol. The van der Waals surface area contributed by atoms with E-state index in [2.05, 4.69) is 21.8 Å². The van der Waals surface area contributed by atoms with E-state index in [1.165, 1.54) is 12.8 Å². The molecule has 3 atom stereocenters. The summed E-state index contributed by atoms with van der Waals surface area (Å²) < 4.78 is 85.3. The van der Waals surface area contributed by atoms with Gasteiger partial charge in [0.15, 0.2) is 0 Å². The highest BCUT2D eigenvalue weighted by molar-refractivity contribution is 5.86. The molecular weight excluding hydrogens is 704 g/mol. The van der Waals surface area contributed by atoms with Crippen molar-refractivity contribution in [2.45, 2.75) is 87.9 Å². The van der Waals surface area contributed by atoms with E-state index >= 15 is 0 Å². The number of hydrogen-bond acceptors (Lipinski definition) is 6. The highest BCUT2D eigenvalue weighted by Gasteiger charge is 2.43. The van der Waals surface area contributed by atoms with Crippen molar-refractivity contribution < 1.29 is 35.9 Å². The molecule has 5 heterocycles. The molecule has 2 bridgehead atoms. The molecule has 0 saturated carbocycles. The number of benzene rings is 2. The van der Waals surface area contributed by atoms with Crippen molar-refractivity contribution in [3.8, 4) is 0 Å². The third-order valence-electron chi connectivity index (χ3n) is 12.1. The predicted octanol–water partition coefficient (Wildman–Crippen LogP) is 5.13. The quantitative estimate of drug-likeness (QED) is 0.256. The number of hydrogen-bond donors (Lipinski definition) is 2. The Balaban J connectivity index is 1.08. The van der Waals surface area contributed by atoms with E-state index in [4.69, 9.17) is 5.73 Å². The maximum atomic E-state index is 14.2. The first-order chi connectivity index (χ1) is 25.1. The number of H-pyrrole nitrogens is 1. The zero-order valence-electron chi connectivity index (χ0n) is 29.6. The molecule has 2 unspecified atom stereocenters. The van der Waals surface area contributed by atoms with Crippen LogP contribution in [0.4, 0.5) is 32.0 Å². The lowest BCUT2D eigenvalue weighted by Gasteiger charge is -2.45. The molecule has 4 fully saturated rings. The number of nitrogens with one attached hydrogen (secondary N) is 1. The smallest absolute Gasteiger partial charge is 0.398 e. The van der Waals surface area contributed by atoms with Crippen LogP contribution in [-0.4, -0.2) is 105 Å². The number of nitrogen functional groups attached to an aromatic ring is 1. The van der Waals surface area contributed by atoms with Crippen LogP contribution in [0.15, 0.2) is 41.2 Å². The summed E-state index contributed by atoms with van der Waals surface area (Å²) >= 11 is 0. The third kappa shape index (κ3) is 7.53. The number of carbonyl (C=O) groups excluding carboxylic acids is 2. The minimum atomic E-state index is -5.17. The molecule has 2 aromatic carbocycles. The normalized spacial score (nSPS) is 24.2. The van der Waals surface area contributed by atoms with Gasteiger partial charge in [-0.05, 0) is 81.8 Å². The number of halogens is 6. The lowest BCUT2D eigenvalue weighted by molar-refractivity contribution is -0.143. The Morgan fingerprint density at radius 2 is 1.40 bits per heavy atom. The molecule has 2 amide bonds. The van der Waals surface area contributed by atoms with E-state index in [1.807, 2.05) is 18.2 Å². The maximum absolute atomic E-state index is 14.2. The highest BCUT2D eigenvalue weighted by atomic mass is 19.4. The second-order valence-electron chi connectivity index (χ2n) is 15.2. The van der Waals surface area contributed by atoms with E-state index in [-0.39, 0.29) is 36.8 Å². The maximum Gasteiger partial charge on any atom is 0.418 e. The molecule has 10 nitrogen and oxygen atoms in total. The first-order valence-corrected chi connectivity index (χ1v) is 18.4. The second kappa shape index (κ2) is 14.3. The van der Waals surface area contributed by atoms with Crippen LogP contribution in [0.2, 0.25) is 0 Å². The van der Waals surface area contributed by atoms with Gasteiger partial charge in [-0.25, -0.2) is 4.79 Å². The number of piperazine rings is 1. The molecule has 53 heavy (non-hydrogen) atoms. The van der Waals surface area contributed by atoms with Crippen molar-refractivity contribution in [3.05, 3.63) is 63.6 Å². The molecule has 4 saturated heterocycles. The molecule has 1 aromatic heterocycles. The van der Waals surface area contributed by atoms with Gasteiger partial charge < -0.3 is 25.4 Å². The Labute approximate surface area is 302 Å². The average molecular weight is 750 g/mol. The summed E-state index contributed by atoms with van der Waals surface area (Å²) in [5, 5.41) is 0. The Kier molecular flexibility index (Phi) is 10.1. The van der Waals surface area contributed by atoms with Gasteiger partial charge in [-0.2, -0.15) is 26.3 Å². The van der Waals surface area contributed by atoms with Gasteiger partial charge in [0, 0.05) is 69.9 Å².